The number of likely N-dealkylation sites (tertiary alicyclic amines) is 2. The molecule has 48 heavy (non-hydrogen) atoms. The van der Waals surface area contributed by atoms with Crippen LogP contribution in [0.3, 0.4) is 0 Å². The van der Waals surface area contributed by atoms with E-state index < -0.39 is 52.7 Å². The predicted molar refractivity (Wildman–Crippen MR) is 182 cm³/mol. The molecule has 1 N–H and O–H groups in total. The van der Waals surface area contributed by atoms with Gasteiger partial charge in [-0.1, -0.05) is 71.2 Å². The Hall–Kier alpha value is -3.42. The van der Waals surface area contributed by atoms with Crippen LogP contribution in [0.1, 0.15) is 63.1 Å². The first-order chi connectivity index (χ1) is 22.7. The van der Waals surface area contributed by atoms with Crippen molar-refractivity contribution >= 4 is 46.8 Å². The normalized spacial score (nSPS) is 23.5. The summed E-state index contributed by atoms with van der Waals surface area (Å²) < 4.78 is 37.6. The lowest BCUT2D eigenvalue weighted by atomic mass is 9.65. The molecule has 2 aliphatic rings. The molecule has 7 nitrogen and oxygen atoms in total. The van der Waals surface area contributed by atoms with Crippen LogP contribution < -0.4 is 5.32 Å². The van der Waals surface area contributed by atoms with E-state index in [0.717, 1.165) is 6.07 Å². The molecule has 0 spiro atoms. The maximum Gasteiger partial charge on any atom is 0.410 e. The smallest absolute Gasteiger partial charge is 0.410 e. The second-order valence-electron chi connectivity index (χ2n) is 13.4. The van der Waals surface area contributed by atoms with Gasteiger partial charge in [-0.2, -0.15) is 5.26 Å². The van der Waals surface area contributed by atoms with Gasteiger partial charge in [0.05, 0.1) is 17.1 Å². The third-order valence-corrected chi connectivity index (χ3v) is 10.2. The SMILES string of the molecule is CC1N(Cc2ccccc2Cl)[C@@H](C(=O)NC2CCN(C(=O)OC(C)(C)C)CC2)[C@H](c2cccc(Cl)c2F)[C@@]1(C#N)c1ccc(Cl)cc1F. The average Bonchev–Trinajstić information content (AvgIpc) is 3.27. The maximum absolute atomic E-state index is 16.1. The van der Waals surface area contributed by atoms with Gasteiger partial charge < -0.3 is 15.0 Å². The highest BCUT2D eigenvalue weighted by Crippen LogP contribution is 2.55. The molecule has 2 amide bonds. The molecule has 12 heteroatoms. The molecule has 2 heterocycles. The summed E-state index contributed by atoms with van der Waals surface area (Å²) in [6, 6.07) is 15.5. The average molecular weight is 718 g/mol. The lowest BCUT2D eigenvalue weighted by Gasteiger charge is -2.36. The van der Waals surface area contributed by atoms with Crippen molar-refractivity contribution in [1.82, 2.24) is 15.1 Å². The Labute approximate surface area is 294 Å². The number of hydrogen-bond donors (Lipinski definition) is 1. The minimum atomic E-state index is -1.77. The topological polar surface area (TPSA) is 85.7 Å². The van der Waals surface area contributed by atoms with Crippen molar-refractivity contribution in [2.45, 2.75) is 82.1 Å². The Balaban J connectivity index is 1.59. The molecule has 5 rings (SSSR count). The van der Waals surface area contributed by atoms with Crippen LogP contribution >= 0.6 is 34.8 Å². The molecule has 4 atom stereocenters. The van der Waals surface area contributed by atoms with Crippen LogP contribution in [-0.2, 0) is 21.5 Å². The van der Waals surface area contributed by atoms with Crippen LogP contribution in [0.4, 0.5) is 13.6 Å². The lowest BCUT2D eigenvalue weighted by Crippen LogP contribution is -2.53. The number of ether oxygens (including phenoxy) is 1. The Bertz CT molecular complexity index is 1740. The van der Waals surface area contributed by atoms with Gasteiger partial charge in [0.2, 0.25) is 5.91 Å². The summed E-state index contributed by atoms with van der Waals surface area (Å²) >= 11 is 19.0. The number of hydrogen-bond acceptors (Lipinski definition) is 5. The molecule has 254 valence electrons. The molecule has 0 radical (unpaired) electrons. The van der Waals surface area contributed by atoms with Crippen LogP contribution in [-0.4, -0.2) is 58.6 Å². The van der Waals surface area contributed by atoms with E-state index in [1.807, 2.05) is 0 Å². The Morgan fingerprint density at radius 1 is 1.02 bits per heavy atom. The summed E-state index contributed by atoms with van der Waals surface area (Å²) in [6.45, 7) is 7.94. The number of carbonyl (C=O) groups excluding carboxylic acids is 2. The molecular formula is C36H37Cl3F2N4O3. The summed E-state index contributed by atoms with van der Waals surface area (Å²) in [5, 5.41) is 14.6. The second kappa shape index (κ2) is 14.2. The first-order valence-electron chi connectivity index (χ1n) is 15.8. The van der Waals surface area contributed by atoms with E-state index in [1.165, 1.54) is 24.3 Å². The van der Waals surface area contributed by atoms with E-state index in [0.29, 0.717) is 36.5 Å². The number of amides is 2. The number of piperidine rings is 1. The van der Waals surface area contributed by atoms with Crippen LogP contribution in [0.15, 0.2) is 60.7 Å². The Kier molecular flexibility index (Phi) is 10.6. The number of halogens is 5. The van der Waals surface area contributed by atoms with Gasteiger partial charge >= 0.3 is 6.09 Å². The van der Waals surface area contributed by atoms with Crippen molar-refractivity contribution in [3.8, 4) is 6.07 Å². The van der Waals surface area contributed by atoms with Gasteiger partial charge in [0, 0.05) is 53.2 Å². The second-order valence-corrected chi connectivity index (χ2v) is 14.6. The van der Waals surface area contributed by atoms with Gasteiger partial charge in [-0.3, -0.25) is 9.69 Å². The van der Waals surface area contributed by atoms with Crippen LogP contribution in [0.2, 0.25) is 15.1 Å². The third kappa shape index (κ3) is 7.00. The summed E-state index contributed by atoms with van der Waals surface area (Å²) in [5.41, 5.74) is -1.76. The summed E-state index contributed by atoms with van der Waals surface area (Å²) in [4.78, 5) is 30.7. The van der Waals surface area contributed by atoms with Gasteiger partial charge in [0.25, 0.3) is 0 Å². The molecule has 2 aliphatic heterocycles. The standard InChI is InChI=1S/C36H37Cl3F2N4O3/c1-21-36(20-42,26-13-12-23(37)18-29(26)40)30(25-9-7-11-28(39)31(25)41)32(45(21)19-22-8-5-6-10-27(22)38)33(46)43-24-14-16-44(17-15-24)34(47)48-35(2,3)4/h5-13,18,21,24,30,32H,14-17,19H2,1-4H3,(H,43,46)/t21?,30-,32+,36+/m0/s1. The van der Waals surface area contributed by atoms with Gasteiger partial charge in [-0.25, -0.2) is 13.6 Å². The molecule has 0 aromatic heterocycles. The number of nitrogens with one attached hydrogen (secondary N) is 1. The first kappa shape index (κ1) is 35.9. The molecule has 2 saturated heterocycles. The maximum atomic E-state index is 16.1. The van der Waals surface area contributed by atoms with E-state index in [-0.39, 0.29) is 33.8 Å². The van der Waals surface area contributed by atoms with Gasteiger partial charge in [0.15, 0.2) is 0 Å². The molecule has 0 aliphatic carbocycles. The van der Waals surface area contributed by atoms with Crippen molar-refractivity contribution in [1.29, 1.82) is 5.26 Å². The van der Waals surface area contributed by atoms with Crippen molar-refractivity contribution in [3.05, 3.63) is 104 Å². The highest BCUT2D eigenvalue weighted by Gasteiger charge is 2.63. The third-order valence-electron chi connectivity index (χ3n) is 9.27. The Morgan fingerprint density at radius 2 is 1.69 bits per heavy atom. The quantitative estimate of drug-likeness (QED) is 0.278. The number of nitrogens with zero attached hydrogens (tertiary/aromatic N) is 3. The monoisotopic (exact) mass is 716 g/mol. The minimum absolute atomic E-state index is 0.00630. The summed E-state index contributed by atoms with van der Waals surface area (Å²) in [5.74, 6) is -3.23. The van der Waals surface area contributed by atoms with Gasteiger partial charge in [0.1, 0.15) is 22.7 Å². The molecule has 3 aromatic carbocycles. The van der Waals surface area contributed by atoms with E-state index in [2.05, 4.69) is 11.4 Å². The molecule has 1 unspecified atom stereocenters. The summed E-state index contributed by atoms with van der Waals surface area (Å²) in [6.07, 6.45) is 0.467. The lowest BCUT2D eigenvalue weighted by molar-refractivity contribution is -0.127. The zero-order chi connectivity index (χ0) is 35.0. The molecule has 0 bridgehead atoms. The highest BCUT2D eigenvalue weighted by atomic mass is 35.5. The fourth-order valence-electron chi connectivity index (χ4n) is 7.00. The number of carbonyl (C=O) groups is 2. The molecular weight excluding hydrogens is 681 g/mol. The summed E-state index contributed by atoms with van der Waals surface area (Å²) in [7, 11) is 0. The van der Waals surface area contributed by atoms with Gasteiger partial charge in [-0.15, -0.1) is 0 Å². The van der Waals surface area contributed by atoms with Gasteiger partial charge in [-0.05, 0) is 75.9 Å². The minimum Gasteiger partial charge on any atom is -0.444 e. The molecule has 0 saturated carbocycles. The van der Waals surface area contributed by atoms with Crippen LogP contribution in [0, 0.1) is 23.0 Å². The van der Waals surface area contributed by atoms with Crippen LogP contribution in [0.25, 0.3) is 0 Å². The van der Waals surface area contributed by atoms with E-state index >= 15 is 8.78 Å². The van der Waals surface area contributed by atoms with Crippen molar-refractivity contribution in [3.63, 3.8) is 0 Å². The Morgan fingerprint density at radius 3 is 2.31 bits per heavy atom. The van der Waals surface area contributed by atoms with E-state index in [9.17, 15) is 14.9 Å². The zero-order valence-electron chi connectivity index (χ0n) is 27.1. The zero-order valence-corrected chi connectivity index (χ0v) is 29.3. The number of benzene rings is 3. The molecule has 3 aromatic rings. The van der Waals surface area contributed by atoms with Crippen molar-refractivity contribution in [2.75, 3.05) is 13.1 Å². The molecule has 2 fully saturated rings. The fourth-order valence-corrected chi connectivity index (χ4v) is 7.54. The van der Waals surface area contributed by atoms with E-state index in [4.69, 9.17) is 39.5 Å². The van der Waals surface area contributed by atoms with Crippen molar-refractivity contribution in [2.24, 2.45) is 0 Å². The first-order valence-corrected chi connectivity index (χ1v) is 16.9. The van der Waals surface area contributed by atoms with Crippen molar-refractivity contribution < 1.29 is 23.1 Å². The number of rotatable bonds is 6. The van der Waals surface area contributed by atoms with E-state index in [1.54, 1.807) is 67.8 Å². The predicted octanol–water partition coefficient (Wildman–Crippen LogP) is 8.26. The fraction of sp³-hybridized carbons (Fsp3) is 0.417. The van der Waals surface area contributed by atoms with Crippen LogP contribution in [0.5, 0.6) is 0 Å². The number of nitriles is 1. The largest absolute Gasteiger partial charge is 0.444 e. The highest BCUT2D eigenvalue weighted by molar-refractivity contribution is 6.31.